The van der Waals surface area contributed by atoms with Gasteiger partial charge in [0.05, 0.1) is 16.8 Å². The maximum atomic E-state index is 12.9. The number of amides is 1. The zero-order valence-corrected chi connectivity index (χ0v) is 17.0. The van der Waals surface area contributed by atoms with Crippen LogP contribution in [-0.2, 0) is 11.3 Å². The summed E-state index contributed by atoms with van der Waals surface area (Å²) in [7, 11) is 1.68. The Labute approximate surface area is 167 Å². The molecular formula is C23H22N2O2S. The first kappa shape index (κ1) is 18.6. The molecule has 142 valence electrons. The van der Waals surface area contributed by atoms with E-state index >= 15 is 0 Å². The van der Waals surface area contributed by atoms with Crippen LogP contribution in [0.4, 0.5) is 0 Å². The summed E-state index contributed by atoms with van der Waals surface area (Å²) < 4.78 is 8.51. The molecule has 0 atom stereocenters. The molecule has 5 heteroatoms. The highest BCUT2D eigenvalue weighted by Crippen LogP contribution is 2.27. The predicted molar refractivity (Wildman–Crippen MR) is 115 cm³/mol. The second kappa shape index (κ2) is 7.70. The first-order valence-corrected chi connectivity index (χ1v) is 10.1. The van der Waals surface area contributed by atoms with E-state index in [1.54, 1.807) is 18.4 Å². The van der Waals surface area contributed by atoms with Crippen LogP contribution in [0, 0.1) is 13.8 Å². The molecule has 0 aliphatic rings. The van der Waals surface area contributed by atoms with Crippen molar-refractivity contribution in [3.63, 3.8) is 0 Å². The van der Waals surface area contributed by atoms with E-state index in [-0.39, 0.29) is 5.91 Å². The van der Waals surface area contributed by atoms with E-state index in [4.69, 9.17) is 4.74 Å². The second-order valence-electron chi connectivity index (χ2n) is 6.90. The molecular weight excluding hydrogens is 368 g/mol. The molecule has 1 heterocycles. The molecule has 1 aromatic heterocycles. The van der Waals surface area contributed by atoms with Gasteiger partial charge in [-0.25, -0.2) is 0 Å². The van der Waals surface area contributed by atoms with Crippen LogP contribution in [0.5, 0.6) is 0 Å². The summed E-state index contributed by atoms with van der Waals surface area (Å²) in [4.78, 5) is 18.1. The molecule has 0 N–H and O–H groups in total. The van der Waals surface area contributed by atoms with E-state index in [0.717, 1.165) is 21.3 Å². The predicted octanol–water partition coefficient (Wildman–Crippen LogP) is 4.86. The van der Waals surface area contributed by atoms with Crippen molar-refractivity contribution < 1.29 is 9.53 Å². The molecule has 4 aromatic rings. The van der Waals surface area contributed by atoms with Crippen LogP contribution in [0.15, 0.2) is 59.6 Å². The Hall–Kier alpha value is -2.76. The summed E-state index contributed by atoms with van der Waals surface area (Å²) in [5.74, 6) is -0.209. The first-order valence-electron chi connectivity index (χ1n) is 9.25. The van der Waals surface area contributed by atoms with E-state index in [1.807, 2.05) is 44.2 Å². The topological polar surface area (TPSA) is 43.6 Å². The van der Waals surface area contributed by atoms with Gasteiger partial charge in [0.15, 0.2) is 4.80 Å². The van der Waals surface area contributed by atoms with Crippen LogP contribution in [0.2, 0.25) is 0 Å². The fraction of sp³-hybridized carbons (Fsp3) is 0.217. The zero-order valence-electron chi connectivity index (χ0n) is 16.2. The third-order valence-corrected chi connectivity index (χ3v) is 6.03. The largest absolute Gasteiger partial charge is 0.383 e. The summed E-state index contributed by atoms with van der Waals surface area (Å²) in [5, 5.41) is 2.36. The Balaban J connectivity index is 1.92. The van der Waals surface area contributed by atoms with Crippen molar-refractivity contribution in [3.8, 4) is 0 Å². The molecule has 0 bridgehead atoms. The number of rotatable bonds is 4. The monoisotopic (exact) mass is 390 g/mol. The number of hydrogen-bond acceptors (Lipinski definition) is 3. The number of nitrogens with zero attached hydrogens (tertiary/aromatic N) is 2. The normalized spacial score (nSPS) is 12.2. The molecule has 0 aliphatic carbocycles. The number of ether oxygens (including phenoxy) is 1. The Morgan fingerprint density at radius 3 is 2.71 bits per heavy atom. The van der Waals surface area contributed by atoms with Gasteiger partial charge in [-0.2, -0.15) is 4.99 Å². The molecule has 4 nitrogen and oxygen atoms in total. The molecule has 3 aromatic carbocycles. The van der Waals surface area contributed by atoms with Crippen LogP contribution in [0.25, 0.3) is 21.0 Å². The van der Waals surface area contributed by atoms with E-state index in [2.05, 4.69) is 33.8 Å². The molecule has 28 heavy (non-hydrogen) atoms. The summed E-state index contributed by atoms with van der Waals surface area (Å²) in [6.45, 7) is 5.18. The number of benzene rings is 3. The van der Waals surface area contributed by atoms with Gasteiger partial charge in [-0.15, -0.1) is 0 Å². The third kappa shape index (κ3) is 3.39. The van der Waals surface area contributed by atoms with Gasteiger partial charge in [-0.05, 0) is 36.9 Å². The molecule has 0 aliphatic heterocycles. The summed E-state index contributed by atoms with van der Waals surface area (Å²) in [6, 6.07) is 18.3. The molecule has 0 spiro atoms. The van der Waals surface area contributed by atoms with Crippen molar-refractivity contribution in [2.24, 2.45) is 4.99 Å². The van der Waals surface area contributed by atoms with Crippen LogP contribution < -0.4 is 4.80 Å². The minimum atomic E-state index is -0.209. The van der Waals surface area contributed by atoms with E-state index < -0.39 is 0 Å². The van der Waals surface area contributed by atoms with Crippen molar-refractivity contribution in [3.05, 3.63) is 76.1 Å². The maximum absolute atomic E-state index is 12.9. The molecule has 0 fully saturated rings. The standard InChI is InChI=1S/C23H22N2O2S/c1-15-8-10-18(16(2)14-15)22(26)24-23-25(12-13-27-3)20-11-9-17-6-4-5-7-19(17)21(20)28-23/h4-11,14H,12-13H2,1-3H3. The van der Waals surface area contributed by atoms with Crippen LogP contribution >= 0.6 is 11.3 Å². The minimum absolute atomic E-state index is 0.209. The van der Waals surface area contributed by atoms with Crippen molar-refractivity contribution in [1.82, 2.24) is 4.57 Å². The number of hydrogen-bond donors (Lipinski definition) is 0. The highest BCUT2D eigenvalue weighted by atomic mass is 32.1. The Morgan fingerprint density at radius 1 is 1.11 bits per heavy atom. The lowest BCUT2D eigenvalue weighted by Crippen LogP contribution is -2.19. The van der Waals surface area contributed by atoms with Gasteiger partial charge in [0.1, 0.15) is 0 Å². The fourth-order valence-corrected chi connectivity index (χ4v) is 4.67. The number of methoxy groups -OCH3 is 1. The molecule has 4 rings (SSSR count). The molecule has 0 saturated carbocycles. The second-order valence-corrected chi connectivity index (χ2v) is 7.88. The number of aromatic nitrogens is 1. The highest BCUT2D eigenvalue weighted by molar-refractivity contribution is 7.17. The lowest BCUT2D eigenvalue weighted by molar-refractivity contribution is 0.0997. The molecule has 1 amide bonds. The Morgan fingerprint density at radius 2 is 1.93 bits per heavy atom. The van der Waals surface area contributed by atoms with Gasteiger partial charge in [-0.1, -0.05) is 59.4 Å². The number of thiazole rings is 1. The van der Waals surface area contributed by atoms with Crippen LogP contribution in [0.1, 0.15) is 21.5 Å². The van der Waals surface area contributed by atoms with Crippen molar-refractivity contribution in [1.29, 1.82) is 0 Å². The molecule has 0 saturated heterocycles. The summed E-state index contributed by atoms with van der Waals surface area (Å²) >= 11 is 1.56. The van der Waals surface area contributed by atoms with Crippen molar-refractivity contribution >= 4 is 38.2 Å². The van der Waals surface area contributed by atoms with Crippen LogP contribution in [-0.4, -0.2) is 24.2 Å². The van der Waals surface area contributed by atoms with Gasteiger partial charge >= 0.3 is 0 Å². The average molecular weight is 391 g/mol. The van der Waals surface area contributed by atoms with Gasteiger partial charge in [0.25, 0.3) is 5.91 Å². The fourth-order valence-electron chi connectivity index (χ4n) is 3.48. The number of aryl methyl sites for hydroxylation is 2. The average Bonchev–Trinajstić information content (AvgIpc) is 3.03. The summed E-state index contributed by atoms with van der Waals surface area (Å²) in [6.07, 6.45) is 0. The van der Waals surface area contributed by atoms with E-state index in [0.29, 0.717) is 23.5 Å². The van der Waals surface area contributed by atoms with Gasteiger partial charge in [0, 0.05) is 24.6 Å². The quantitative estimate of drug-likeness (QED) is 0.499. The Kier molecular flexibility index (Phi) is 5.11. The van der Waals surface area contributed by atoms with E-state index in [1.165, 1.54) is 10.8 Å². The lowest BCUT2D eigenvalue weighted by Gasteiger charge is -2.06. The number of carbonyl (C=O) groups is 1. The molecule has 0 radical (unpaired) electrons. The van der Waals surface area contributed by atoms with E-state index in [9.17, 15) is 4.79 Å². The summed E-state index contributed by atoms with van der Waals surface area (Å²) in [5.41, 5.74) is 3.81. The van der Waals surface area contributed by atoms with Gasteiger partial charge in [-0.3, -0.25) is 4.79 Å². The van der Waals surface area contributed by atoms with Gasteiger partial charge < -0.3 is 9.30 Å². The maximum Gasteiger partial charge on any atom is 0.279 e. The SMILES string of the molecule is COCCn1c(=NC(=O)c2ccc(C)cc2C)sc2c3ccccc3ccc21. The van der Waals surface area contributed by atoms with Gasteiger partial charge in [0.2, 0.25) is 0 Å². The smallest absolute Gasteiger partial charge is 0.279 e. The zero-order chi connectivity index (χ0) is 19.7. The highest BCUT2D eigenvalue weighted by Gasteiger charge is 2.13. The minimum Gasteiger partial charge on any atom is -0.383 e. The lowest BCUT2D eigenvalue weighted by atomic mass is 10.1. The van der Waals surface area contributed by atoms with Crippen LogP contribution in [0.3, 0.4) is 0 Å². The first-order chi connectivity index (χ1) is 13.6. The van der Waals surface area contributed by atoms with Crippen molar-refractivity contribution in [2.45, 2.75) is 20.4 Å². The number of carbonyl (C=O) groups excluding carboxylic acids is 1. The molecule has 0 unspecified atom stereocenters. The Bertz CT molecular complexity index is 1250. The van der Waals surface area contributed by atoms with Crippen molar-refractivity contribution in [2.75, 3.05) is 13.7 Å². The third-order valence-electron chi connectivity index (χ3n) is 4.90. The number of fused-ring (bicyclic) bond motifs is 3.